The van der Waals surface area contributed by atoms with E-state index in [4.69, 9.17) is 10.5 Å². The number of amides is 1. The smallest absolute Gasteiger partial charge is 0.223 e. The minimum atomic E-state index is 0.110. The summed E-state index contributed by atoms with van der Waals surface area (Å²) in [7, 11) is 0. The minimum Gasteiger partial charge on any atom is -0.380 e. The van der Waals surface area contributed by atoms with Crippen LogP contribution in [-0.2, 0) is 9.53 Å². The highest BCUT2D eigenvalue weighted by atomic mass is 16.5. The molecule has 4 heteroatoms. The highest BCUT2D eigenvalue weighted by molar-refractivity contribution is 5.79. The van der Waals surface area contributed by atoms with E-state index in [0.717, 1.165) is 19.3 Å². The summed E-state index contributed by atoms with van der Waals surface area (Å²) in [5.74, 6) is 1.13. The van der Waals surface area contributed by atoms with Crippen LogP contribution >= 0.6 is 0 Å². The number of nitrogens with one attached hydrogen (secondary N) is 1. The molecule has 112 valence electrons. The molecule has 0 heterocycles. The van der Waals surface area contributed by atoms with Gasteiger partial charge in [-0.05, 0) is 38.0 Å². The summed E-state index contributed by atoms with van der Waals surface area (Å²) < 4.78 is 5.45. The largest absolute Gasteiger partial charge is 0.380 e. The summed E-state index contributed by atoms with van der Waals surface area (Å²) in [4.78, 5) is 12.3. The first-order valence-electron chi connectivity index (χ1n) is 7.59. The van der Waals surface area contributed by atoms with E-state index in [1.165, 1.54) is 0 Å². The molecule has 1 amide bonds. The van der Waals surface area contributed by atoms with Gasteiger partial charge in [0.1, 0.15) is 0 Å². The summed E-state index contributed by atoms with van der Waals surface area (Å²) in [5.41, 5.74) is 6.00. The van der Waals surface area contributed by atoms with Crippen LogP contribution in [0.4, 0.5) is 0 Å². The standard InChI is InChI=1S/C15H30N2O2/c1-5-19-9-14(10(2)3)17-15(18)12-6-7-13(16)11(4)8-12/h10-14H,5-9,16H2,1-4H3,(H,17,18). The van der Waals surface area contributed by atoms with Crippen LogP contribution in [0, 0.1) is 17.8 Å². The molecule has 0 aromatic carbocycles. The van der Waals surface area contributed by atoms with Gasteiger partial charge in [0.15, 0.2) is 0 Å². The molecule has 0 radical (unpaired) electrons. The Morgan fingerprint density at radius 2 is 2.11 bits per heavy atom. The van der Waals surface area contributed by atoms with E-state index in [1.807, 2.05) is 6.92 Å². The van der Waals surface area contributed by atoms with Gasteiger partial charge in [-0.1, -0.05) is 20.8 Å². The van der Waals surface area contributed by atoms with E-state index in [0.29, 0.717) is 25.0 Å². The van der Waals surface area contributed by atoms with Crippen molar-refractivity contribution in [1.82, 2.24) is 5.32 Å². The van der Waals surface area contributed by atoms with Crippen LogP contribution in [0.2, 0.25) is 0 Å². The first-order valence-corrected chi connectivity index (χ1v) is 7.59. The lowest BCUT2D eigenvalue weighted by Crippen LogP contribution is -2.47. The topological polar surface area (TPSA) is 64.3 Å². The molecule has 0 spiro atoms. The highest BCUT2D eigenvalue weighted by Crippen LogP contribution is 2.28. The van der Waals surface area contributed by atoms with Gasteiger partial charge in [-0.25, -0.2) is 0 Å². The summed E-state index contributed by atoms with van der Waals surface area (Å²) >= 11 is 0. The quantitative estimate of drug-likeness (QED) is 0.775. The highest BCUT2D eigenvalue weighted by Gasteiger charge is 2.30. The zero-order valence-corrected chi connectivity index (χ0v) is 12.8. The SMILES string of the molecule is CCOCC(NC(=O)C1CCC(N)C(C)C1)C(C)C. The number of hydrogen-bond donors (Lipinski definition) is 2. The molecule has 0 saturated heterocycles. The Hall–Kier alpha value is -0.610. The summed E-state index contributed by atoms with van der Waals surface area (Å²) in [6, 6.07) is 0.367. The molecule has 0 aromatic rings. The average molecular weight is 270 g/mol. The van der Waals surface area contributed by atoms with E-state index < -0.39 is 0 Å². The number of hydrogen-bond acceptors (Lipinski definition) is 3. The van der Waals surface area contributed by atoms with Crippen molar-refractivity contribution in [2.45, 2.75) is 59.0 Å². The van der Waals surface area contributed by atoms with Gasteiger partial charge < -0.3 is 15.8 Å². The van der Waals surface area contributed by atoms with Crippen molar-refractivity contribution in [2.24, 2.45) is 23.5 Å². The molecule has 1 aliphatic rings. The zero-order chi connectivity index (χ0) is 14.4. The first kappa shape index (κ1) is 16.4. The number of ether oxygens (including phenoxy) is 1. The van der Waals surface area contributed by atoms with Crippen LogP contribution in [0.25, 0.3) is 0 Å². The number of rotatable bonds is 6. The van der Waals surface area contributed by atoms with Crippen LogP contribution in [0.5, 0.6) is 0 Å². The zero-order valence-electron chi connectivity index (χ0n) is 12.8. The molecular weight excluding hydrogens is 240 g/mol. The van der Waals surface area contributed by atoms with Crippen LogP contribution in [0.15, 0.2) is 0 Å². The molecule has 3 N–H and O–H groups in total. The maximum atomic E-state index is 12.3. The third-order valence-corrected chi connectivity index (χ3v) is 4.24. The van der Waals surface area contributed by atoms with Crippen molar-refractivity contribution >= 4 is 5.91 Å². The van der Waals surface area contributed by atoms with E-state index in [9.17, 15) is 4.79 Å². The Morgan fingerprint density at radius 1 is 1.42 bits per heavy atom. The van der Waals surface area contributed by atoms with Gasteiger partial charge in [-0.15, -0.1) is 0 Å². The lowest BCUT2D eigenvalue weighted by Gasteiger charge is -2.32. The second-order valence-electron chi connectivity index (χ2n) is 6.17. The summed E-state index contributed by atoms with van der Waals surface area (Å²) in [6.45, 7) is 9.64. The second-order valence-corrected chi connectivity index (χ2v) is 6.17. The predicted molar refractivity (Wildman–Crippen MR) is 77.7 cm³/mol. The molecule has 4 nitrogen and oxygen atoms in total. The van der Waals surface area contributed by atoms with Gasteiger partial charge in [-0.2, -0.15) is 0 Å². The van der Waals surface area contributed by atoms with E-state index in [-0.39, 0.29) is 23.9 Å². The lowest BCUT2D eigenvalue weighted by atomic mass is 9.79. The van der Waals surface area contributed by atoms with Crippen LogP contribution in [0.3, 0.4) is 0 Å². The predicted octanol–water partition coefficient (Wildman–Crippen LogP) is 1.93. The molecule has 0 aliphatic heterocycles. The third-order valence-electron chi connectivity index (χ3n) is 4.24. The maximum Gasteiger partial charge on any atom is 0.223 e. The number of carbonyl (C=O) groups excluding carboxylic acids is 1. The van der Waals surface area contributed by atoms with Crippen molar-refractivity contribution in [3.05, 3.63) is 0 Å². The molecule has 1 rings (SSSR count). The van der Waals surface area contributed by atoms with Gasteiger partial charge in [0.2, 0.25) is 5.91 Å². The minimum absolute atomic E-state index is 0.110. The van der Waals surface area contributed by atoms with Crippen LogP contribution in [0.1, 0.15) is 47.0 Å². The van der Waals surface area contributed by atoms with Crippen molar-refractivity contribution in [3.63, 3.8) is 0 Å². The van der Waals surface area contributed by atoms with E-state index >= 15 is 0 Å². The van der Waals surface area contributed by atoms with Crippen molar-refractivity contribution in [2.75, 3.05) is 13.2 Å². The molecule has 1 fully saturated rings. The molecule has 1 saturated carbocycles. The molecular formula is C15H30N2O2. The normalized spacial score (nSPS) is 29.3. The van der Waals surface area contributed by atoms with Crippen LogP contribution in [-0.4, -0.2) is 31.2 Å². The van der Waals surface area contributed by atoms with Crippen LogP contribution < -0.4 is 11.1 Å². The van der Waals surface area contributed by atoms with Crippen molar-refractivity contribution in [3.8, 4) is 0 Å². The summed E-state index contributed by atoms with van der Waals surface area (Å²) in [5, 5.41) is 3.15. The third kappa shape index (κ3) is 5.11. The van der Waals surface area contributed by atoms with Gasteiger partial charge in [0.25, 0.3) is 0 Å². The molecule has 19 heavy (non-hydrogen) atoms. The van der Waals surface area contributed by atoms with Gasteiger partial charge in [-0.3, -0.25) is 4.79 Å². The maximum absolute atomic E-state index is 12.3. The average Bonchev–Trinajstić information content (AvgIpc) is 2.37. The fourth-order valence-electron chi connectivity index (χ4n) is 2.60. The molecule has 1 aliphatic carbocycles. The van der Waals surface area contributed by atoms with Gasteiger partial charge in [0.05, 0.1) is 12.6 Å². The fraction of sp³-hybridized carbons (Fsp3) is 0.933. The Kier molecular flexibility index (Phi) is 6.80. The fourth-order valence-corrected chi connectivity index (χ4v) is 2.60. The van der Waals surface area contributed by atoms with Gasteiger partial charge >= 0.3 is 0 Å². The first-order chi connectivity index (χ1) is 8.95. The Morgan fingerprint density at radius 3 is 2.63 bits per heavy atom. The van der Waals surface area contributed by atoms with E-state index in [2.05, 4.69) is 26.1 Å². The molecule has 4 unspecified atom stereocenters. The van der Waals surface area contributed by atoms with E-state index in [1.54, 1.807) is 0 Å². The Balaban J connectivity index is 2.47. The lowest BCUT2D eigenvalue weighted by molar-refractivity contribution is -0.128. The monoisotopic (exact) mass is 270 g/mol. The Labute approximate surface area is 117 Å². The second kappa shape index (κ2) is 7.85. The van der Waals surface area contributed by atoms with Gasteiger partial charge in [0, 0.05) is 18.6 Å². The molecule has 0 aromatic heterocycles. The molecule has 4 atom stereocenters. The molecule has 0 bridgehead atoms. The van der Waals surface area contributed by atoms with Crippen molar-refractivity contribution < 1.29 is 9.53 Å². The summed E-state index contributed by atoms with van der Waals surface area (Å²) in [6.07, 6.45) is 2.78. The van der Waals surface area contributed by atoms with Crippen molar-refractivity contribution in [1.29, 1.82) is 0 Å². The Bertz CT molecular complexity index is 281. The number of carbonyl (C=O) groups is 1. The number of nitrogens with two attached hydrogens (primary N) is 1.